The molecule has 1 aliphatic heterocycles. The van der Waals surface area contributed by atoms with Gasteiger partial charge in [0.05, 0.1) is 22.7 Å². The van der Waals surface area contributed by atoms with Crippen LogP contribution in [0.4, 0.5) is 5.95 Å². The average molecular weight is 565 g/mol. The molecule has 10 heteroatoms. The minimum Gasteiger partial charge on any atom is -0.475 e. The first-order chi connectivity index (χ1) is 19.1. The van der Waals surface area contributed by atoms with Crippen molar-refractivity contribution in [2.75, 3.05) is 18.4 Å². The molecule has 0 radical (unpaired) electrons. The maximum absolute atomic E-state index is 14.0. The smallest absolute Gasteiger partial charge is 0.264 e. The van der Waals surface area contributed by atoms with Crippen molar-refractivity contribution >= 4 is 21.9 Å². The molecular weight excluding hydrogens is 528 g/mol. The lowest BCUT2D eigenvalue weighted by Crippen LogP contribution is -2.56. The zero-order chi connectivity index (χ0) is 28.6. The summed E-state index contributed by atoms with van der Waals surface area (Å²) >= 11 is 0. The summed E-state index contributed by atoms with van der Waals surface area (Å²) in [6.07, 6.45) is 2.22. The molecule has 0 spiro atoms. The number of rotatable bonds is 5. The van der Waals surface area contributed by atoms with E-state index < -0.39 is 10.0 Å². The molecule has 1 aromatic heterocycles. The Hall–Kier alpha value is -3.50. The summed E-state index contributed by atoms with van der Waals surface area (Å²) in [4.78, 5) is 24.9. The van der Waals surface area contributed by atoms with E-state index in [4.69, 9.17) is 9.47 Å². The third kappa shape index (κ3) is 5.69. The third-order valence-electron chi connectivity index (χ3n) is 7.65. The van der Waals surface area contributed by atoms with E-state index in [9.17, 15) is 13.2 Å². The summed E-state index contributed by atoms with van der Waals surface area (Å²) in [7, 11) is -2.42. The van der Waals surface area contributed by atoms with Gasteiger partial charge in [0.15, 0.2) is 0 Å². The van der Waals surface area contributed by atoms with Crippen LogP contribution in [-0.2, 0) is 14.8 Å². The number of nitrogens with zero attached hydrogens (tertiary/aromatic N) is 3. The highest BCUT2D eigenvalue weighted by Gasteiger charge is 2.41. The minimum atomic E-state index is -4.10. The van der Waals surface area contributed by atoms with Crippen LogP contribution in [0, 0.1) is 19.8 Å². The molecule has 2 aromatic carbocycles. The molecule has 1 fully saturated rings. The number of aryl methyl sites for hydroxylation is 2. The van der Waals surface area contributed by atoms with Crippen LogP contribution < -0.4 is 9.46 Å². The first kappa shape index (κ1) is 28.0. The number of methoxy groups -OCH3 is 1. The summed E-state index contributed by atoms with van der Waals surface area (Å²) in [6, 6.07) is 13.5. The molecular formula is C30H36N4O5S. The quantitative estimate of drug-likeness (QED) is 0.465. The van der Waals surface area contributed by atoms with E-state index >= 15 is 0 Å². The van der Waals surface area contributed by atoms with Crippen LogP contribution in [-0.4, -0.2) is 61.1 Å². The molecule has 1 N–H and O–H groups in total. The summed E-state index contributed by atoms with van der Waals surface area (Å²) in [5, 5.41) is 0. The number of hydrogen-bond acceptors (Lipinski definition) is 7. The van der Waals surface area contributed by atoms with E-state index in [-0.39, 0.29) is 53.3 Å². The van der Waals surface area contributed by atoms with Crippen LogP contribution in [0.1, 0.15) is 54.6 Å². The molecule has 1 saturated carbocycles. The van der Waals surface area contributed by atoms with Crippen molar-refractivity contribution in [3.05, 3.63) is 65.2 Å². The number of fused-ring (bicyclic) bond motifs is 4. The van der Waals surface area contributed by atoms with Gasteiger partial charge in [-0.1, -0.05) is 38.1 Å². The average Bonchev–Trinajstić information content (AvgIpc) is 2.87. The molecule has 0 saturated heterocycles. The van der Waals surface area contributed by atoms with Gasteiger partial charge in [-0.05, 0) is 68.4 Å². The Bertz CT molecular complexity index is 1500. The van der Waals surface area contributed by atoms with Gasteiger partial charge in [-0.25, -0.2) is 18.1 Å². The van der Waals surface area contributed by atoms with Crippen LogP contribution in [0.2, 0.25) is 0 Å². The molecule has 212 valence electrons. The van der Waals surface area contributed by atoms with Crippen molar-refractivity contribution in [2.24, 2.45) is 5.92 Å². The van der Waals surface area contributed by atoms with Crippen molar-refractivity contribution in [1.82, 2.24) is 14.9 Å². The zero-order valence-electron chi connectivity index (χ0n) is 23.5. The van der Waals surface area contributed by atoms with E-state index in [2.05, 4.69) is 28.5 Å². The number of carbonyl (C=O) groups excluding carboxylic acids is 1. The molecule has 5 rings (SSSR count). The molecule has 2 aliphatic rings. The normalized spacial score (nSPS) is 22.3. The highest BCUT2D eigenvalue weighted by atomic mass is 32.2. The van der Waals surface area contributed by atoms with Gasteiger partial charge in [0.1, 0.15) is 6.61 Å². The number of carbonyl (C=O) groups is 1. The van der Waals surface area contributed by atoms with Gasteiger partial charge in [0.25, 0.3) is 15.9 Å². The zero-order valence-corrected chi connectivity index (χ0v) is 24.4. The van der Waals surface area contributed by atoms with Crippen molar-refractivity contribution < 1.29 is 22.7 Å². The second kappa shape index (κ2) is 11.2. The number of nitrogens with one attached hydrogen (secondary N) is 1. The van der Waals surface area contributed by atoms with Gasteiger partial charge >= 0.3 is 0 Å². The first-order valence-corrected chi connectivity index (χ1v) is 15.1. The second-order valence-electron chi connectivity index (χ2n) is 11.1. The van der Waals surface area contributed by atoms with Gasteiger partial charge in [-0.2, -0.15) is 4.98 Å². The van der Waals surface area contributed by atoms with E-state index in [0.717, 1.165) is 16.7 Å². The Morgan fingerprint density at radius 3 is 2.45 bits per heavy atom. The number of hydrogen-bond donors (Lipinski definition) is 1. The van der Waals surface area contributed by atoms with E-state index in [1.54, 1.807) is 25.3 Å². The monoisotopic (exact) mass is 564 g/mol. The lowest BCUT2D eigenvalue weighted by atomic mass is 9.85. The molecule has 1 atom stereocenters. The van der Waals surface area contributed by atoms with Crippen LogP contribution in [0.15, 0.2) is 53.4 Å². The fraction of sp³-hybridized carbons (Fsp3) is 0.433. The van der Waals surface area contributed by atoms with Crippen molar-refractivity contribution in [1.29, 1.82) is 0 Å². The van der Waals surface area contributed by atoms with Crippen LogP contribution in [0.25, 0.3) is 11.3 Å². The molecule has 9 nitrogen and oxygen atoms in total. The van der Waals surface area contributed by atoms with Crippen molar-refractivity contribution in [3.63, 3.8) is 0 Å². The molecule has 40 heavy (non-hydrogen) atoms. The van der Waals surface area contributed by atoms with Crippen LogP contribution in [0.5, 0.6) is 5.88 Å². The van der Waals surface area contributed by atoms with Crippen LogP contribution >= 0.6 is 0 Å². The van der Waals surface area contributed by atoms with E-state index in [1.807, 2.05) is 36.9 Å². The Kier molecular flexibility index (Phi) is 7.83. The number of amides is 1. The second-order valence-corrected chi connectivity index (χ2v) is 12.8. The predicted molar refractivity (Wildman–Crippen MR) is 153 cm³/mol. The molecule has 4 bridgehead atoms. The van der Waals surface area contributed by atoms with Gasteiger partial charge in [-0.15, -0.1) is 0 Å². The topological polar surface area (TPSA) is 111 Å². The molecule has 2 heterocycles. The Balaban J connectivity index is 1.65. The lowest BCUT2D eigenvalue weighted by molar-refractivity contribution is -0.0390. The molecule has 1 amide bonds. The molecule has 1 aliphatic carbocycles. The van der Waals surface area contributed by atoms with Crippen LogP contribution in [0.3, 0.4) is 0 Å². The van der Waals surface area contributed by atoms with E-state index in [0.29, 0.717) is 30.5 Å². The Morgan fingerprint density at radius 1 is 1.07 bits per heavy atom. The van der Waals surface area contributed by atoms with Gasteiger partial charge in [0.2, 0.25) is 11.8 Å². The first-order valence-electron chi connectivity index (χ1n) is 13.6. The number of aromatic nitrogens is 2. The lowest BCUT2D eigenvalue weighted by Gasteiger charge is -2.46. The fourth-order valence-corrected chi connectivity index (χ4v) is 6.58. The van der Waals surface area contributed by atoms with Gasteiger partial charge in [0, 0.05) is 30.3 Å². The highest BCUT2D eigenvalue weighted by Crippen LogP contribution is 2.34. The summed E-state index contributed by atoms with van der Waals surface area (Å²) in [6.45, 7) is 8.39. The summed E-state index contributed by atoms with van der Waals surface area (Å²) < 4.78 is 41.2. The predicted octanol–water partition coefficient (Wildman–Crippen LogP) is 4.99. The number of benzene rings is 2. The Labute approximate surface area is 236 Å². The molecule has 3 aromatic rings. The van der Waals surface area contributed by atoms with Crippen molar-refractivity contribution in [3.8, 4) is 17.1 Å². The van der Waals surface area contributed by atoms with Crippen molar-refractivity contribution in [2.45, 2.75) is 70.0 Å². The maximum Gasteiger partial charge on any atom is 0.264 e. The fourth-order valence-electron chi connectivity index (χ4n) is 5.59. The summed E-state index contributed by atoms with van der Waals surface area (Å²) in [5.41, 5.74) is 3.74. The largest absolute Gasteiger partial charge is 0.475 e. The number of sulfonamides is 1. The minimum absolute atomic E-state index is 0.0372. The highest BCUT2D eigenvalue weighted by molar-refractivity contribution is 7.92. The van der Waals surface area contributed by atoms with Gasteiger partial charge in [-0.3, -0.25) is 4.79 Å². The molecule has 1 unspecified atom stereocenters. The summed E-state index contributed by atoms with van der Waals surface area (Å²) in [5.74, 6) is 0.211. The van der Waals surface area contributed by atoms with Gasteiger partial charge < -0.3 is 14.4 Å². The number of ether oxygens (including phenoxy) is 2. The third-order valence-corrected chi connectivity index (χ3v) is 8.97. The van der Waals surface area contributed by atoms with E-state index in [1.165, 1.54) is 12.1 Å². The Morgan fingerprint density at radius 2 is 1.77 bits per heavy atom. The standard InChI is InChI=1S/C30H36N4O5S/c1-18(2)12-23-17-39-27-16-26(28-19(3)8-6-9-20(28)4)31-30(32-27)33-40(36,37)25-11-7-10-21(13-25)29(35)34(23)22-14-24(15-22)38-5/h6-11,13,16,18,22-24H,12,14-15,17H2,1-5H3,(H,31,32,33). The SMILES string of the molecule is COC1CC(N2C(=O)c3cccc(c3)S(=O)(=O)Nc3nc(cc(-c4c(C)cccc4C)n3)OCC2CC(C)C)C1. The number of anilines is 1. The maximum atomic E-state index is 14.0.